The first-order valence-corrected chi connectivity index (χ1v) is 13.4. The Bertz CT molecular complexity index is 1330. The molecule has 1 heterocycles. The van der Waals surface area contributed by atoms with Crippen molar-refractivity contribution in [1.82, 2.24) is 0 Å². The molecular formula is C27H26N2O10S2. The molecule has 1 aromatic rings. The van der Waals surface area contributed by atoms with Crippen LogP contribution >= 0.6 is 23.5 Å². The minimum Gasteiger partial charge on any atom is -0.481 e. The molecule has 14 heteroatoms. The van der Waals surface area contributed by atoms with Crippen LogP contribution in [-0.4, -0.2) is 62.5 Å². The maximum Gasteiger partial charge on any atom is 0.344 e. The Morgan fingerprint density at radius 2 is 1.59 bits per heavy atom. The standard InChI is InChI=1S/C27H26N2O10S2/c1-7-20(30)35-11-17(5)39-23(33)14-37-24-15(3)9-19(25-26(24)41-27(40-25)18(10-28)29-6)34-13-22(32)36-12-16(4)38-21(31)8-2/h7-9,16-17H,1-2,11-14H2,3-5H3/b27-18+. The molecule has 1 aromatic carbocycles. The zero-order valence-electron chi connectivity index (χ0n) is 22.4. The lowest BCUT2D eigenvalue weighted by molar-refractivity contribution is -0.157. The van der Waals surface area contributed by atoms with Crippen molar-refractivity contribution in [2.75, 3.05) is 26.4 Å². The fraction of sp³-hybridized carbons (Fsp3) is 0.333. The fourth-order valence-electron chi connectivity index (χ4n) is 2.97. The van der Waals surface area contributed by atoms with E-state index in [-0.39, 0.29) is 24.7 Å². The summed E-state index contributed by atoms with van der Waals surface area (Å²) in [5.41, 5.74) is 0.393. The van der Waals surface area contributed by atoms with Gasteiger partial charge >= 0.3 is 23.9 Å². The highest BCUT2D eigenvalue weighted by molar-refractivity contribution is 8.24. The molecule has 0 saturated heterocycles. The molecule has 0 spiro atoms. The Morgan fingerprint density at radius 3 is 2.22 bits per heavy atom. The van der Waals surface area contributed by atoms with E-state index in [1.165, 1.54) is 0 Å². The molecule has 1 aliphatic heterocycles. The van der Waals surface area contributed by atoms with Gasteiger partial charge in [-0.1, -0.05) is 36.7 Å². The Kier molecular flexibility index (Phi) is 12.8. The van der Waals surface area contributed by atoms with Crippen LogP contribution in [0.25, 0.3) is 4.85 Å². The van der Waals surface area contributed by atoms with Gasteiger partial charge in [0.05, 0.1) is 26.7 Å². The van der Waals surface area contributed by atoms with Gasteiger partial charge in [0.1, 0.15) is 36.9 Å². The first-order valence-electron chi connectivity index (χ1n) is 11.8. The molecule has 12 nitrogen and oxygen atoms in total. The van der Waals surface area contributed by atoms with E-state index >= 15 is 0 Å². The highest BCUT2D eigenvalue weighted by atomic mass is 32.2. The Labute approximate surface area is 245 Å². The number of hydrogen-bond donors (Lipinski definition) is 0. The van der Waals surface area contributed by atoms with Crippen LogP contribution < -0.4 is 9.47 Å². The van der Waals surface area contributed by atoms with Crippen LogP contribution in [0.15, 0.2) is 51.1 Å². The van der Waals surface area contributed by atoms with Crippen LogP contribution in [0.2, 0.25) is 0 Å². The van der Waals surface area contributed by atoms with Gasteiger partial charge in [-0.2, -0.15) is 0 Å². The van der Waals surface area contributed by atoms with E-state index in [0.29, 0.717) is 25.3 Å². The van der Waals surface area contributed by atoms with Gasteiger partial charge in [-0.3, -0.25) is 0 Å². The van der Waals surface area contributed by atoms with Gasteiger partial charge in [0, 0.05) is 12.2 Å². The predicted molar refractivity (Wildman–Crippen MR) is 147 cm³/mol. The van der Waals surface area contributed by atoms with Crippen molar-refractivity contribution in [2.45, 2.75) is 42.8 Å². The van der Waals surface area contributed by atoms with Crippen molar-refractivity contribution in [3.8, 4) is 17.6 Å². The third kappa shape index (κ3) is 9.94. The van der Waals surface area contributed by atoms with Crippen LogP contribution in [0.1, 0.15) is 19.4 Å². The average Bonchev–Trinajstić information content (AvgIpc) is 3.38. The van der Waals surface area contributed by atoms with Crippen molar-refractivity contribution in [3.63, 3.8) is 0 Å². The maximum absolute atomic E-state index is 12.3. The number of esters is 4. The molecule has 2 unspecified atom stereocenters. The summed E-state index contributed by atoms with van der Waals surface area (Å²) < 4.78 is 31.9. The summed E-state index contributed by atoms with van der Waals surface area (Å²) in [4.78, 5) is 51.2. The summed E-state index contributed by atoms with van der Waals surface area (Å²) >= 11 is 2.18. The zero-order chi connectivity index (χ0) is 30.5. The van der Waals surface area contributed by atoms with E-state index in [9.17, 15) is 24.4 Å². The van der Waals surface area contributed by atoms with Crippen molar-refractivity contribution < 1.29 is 47.6 Å². The average molecular weight is 603 g/mol. The molecule has 2 atom stereocenters. The van der Waals surface area contributed by atoms with Crippen molar-refractivity contribution in [2.24, 2.45) is 0 Å². The second-order valence-corrected chi connectivity index (χ2v) is 10.4. The number of fused-ring (bicyclic) bond motifs is 1. The van der Waals surface area contributed by atoms with Crippen molar-refractivity contribution >= 4 is 47.4 Å². The smallest absolute Gasteiger partial charge is 0.344 e. The van der Waals surface area contributed by atoms with Crippen LogP contribution in [0.5, 0.6) is 11.5 Å². The van der Waals surface area contributed by atoms with Crippen LogP contribution in [0.4, 0.5) is 0 Å². The van der Waals surface area contributed by atoms with Gasteiger partial charge in [0.25, 0.3) is 5.70 Å². The number of carbonyl (C=O) groups is 4. The monoisotopic (exact) mass is 602 g/mol. The lowest BCUT2D eigenvalue weighted by Gasteiger charge is -2.17. The van der Waals surface area contributed by atoms with Crippen LogP contribution in [-0.2, 0) is 38.1 Å². The highest BCUT2D eigenvalue weighted by Crippen LogP contribution is 2.59. The molecule has 0 aromatic heterocycles. The normalized spacial score (nSPS) is 14.1. The number of nitrogens with zero attached hydrogens (tertiary/aromatic N) is 2. The summed E-state index contributed by atoms with van der Waals surface area (Å²) in [5, 5.41) is 9.36. The molecule has 0 aliphatic carbocycles. The first-order chi connectivity index (χ1) is 19.5. The Balaban J connectivity index is 2.15. The third-order valence-corrected chi connectivity index (χ3v) is 7.33. The largest absolute Gasteiger partial charge is 0.481 e. The van der Waals surface area contributed by atoms with Gasteiger partial charge in [-0.05, 0) is 32.4 Å². The fourth-order valence-corrected chi connectivity index (χ4v) is 5.54. The molecule has 0 saturated carbocycles. The molecular weight excluding hydrogens is 576 g/mol. The predicted octanol–water partition coefficient (Wildman–Crippen LogP) is 3.88. The lowest BCUT2D eigenvalue weighted by atomic mass is 10.2. The van der Waals surface area contributed by atoms with E-state index in [2.05, 4.69) is 18.0 Å². The molecule has 1 aliphatic rings. The number of benzene rings is 1. The van der Waals surface area contributed by atoms with Gasteiger partial charge in [-0.15, -0.1) is 0 Å². The zero-order valence-corrected chi connectivity index (χ0v) is 24.1. The second kappa shape index (κ2) is 16.0. The lowest BCUT2D eigenvalue weighted by Crippen LogP contribution is -2.25. The summed E-state index contributed by atoms with van der Waals surface area (Å²) in [5.74, 6) is -2.18. The Morgan fingerprint density at radius 1 is 0.976 bits per heavy atom. The van der Waals surface area contributed by atoms with E-state index in [1.54, 1.807) is 26.8 Å². The molecule has 41 heavy (non-hydrogen) atoms. The second-order valence-electron chi connectivity index (χ2n) is 8.09. The molecule has 216 valence electrons. The minimum atomic E-state index is -0.731. The van der Waals surface area contributed by atoms with Gasteiger partial charge in [-0.25, -0.2) is 29.3 Å². The number of aryl methyl sites for hydroxylation is 1. The van der Waals surface area contributed by atoms with E-state index in [1.807, 2.05) is 6.07 Å². The van der Waals surface area contributed by atoms with Gasteiger partial charge in [0.15, 0.2) is 13.2 Å². The number of carbonyl (C=O) groups excluding carboxylic acids is 4. The molecule has 0 bridgehead atoms. The number of hydrogen-bond acceptors (Lipinski definition) is 13. The van der Waals surface area contributed by atoms with Gasteiger partial charge in [0.2, 0.25) is 0 Å². The number of nitriles is 1. The third-order valence-electron chi connectivity index (χ3n) is 4.75. The minimum absolute atomic E-state index is 0.143. The topological polar surface area (TPSA) is 152 Å². The molecule has 2 rings (SSSR count). The van der Waals surface area contributed by atoms with E-state index in [4.69, 9.17) is 35.0 Å². The Hall–Kier alpha value is -4.40. The van der Waals surface area contributed by atoms with Gasteiger partial charge < -0.3 is 28.4 Å². The van der Waals surface area contributed by atoms with E-state index < -0.39 is 49.3 Å². The van der Waals surface area contributed by atoms with Crippen molar-refractivity contribution in [3.05, 3.63) is 58.3 Å². The van der Waals surface area contributed by atoms with Crippen LogP contribution in [0.3, 0.4) is 0 Å². The summed E-state index contributed by atoms with van der Waals surface area (Å²) in [6, 6.07) is 3.43. The quantitative estimate of drug-likeness (QED) is 0.0996. The summed E-state index contributed by atoms with van der Waals surface area (Å²) in [7, 11) is 0. The maximum atomic E-state index is 12.3. The highest BCUT2D eigenvalue weighted by Gasteiger charge is 2.30. The van der Waals surface area contributed by atoms with E-state index in [0.717, 1.165) is 35.7 Å². The van der Waals surface area contributed by atoms with Crippen molar-refractivity contribution in [1.29, 1.82) is 5.26 Å². The first kappa shape index (κ1) is 32.8. The SMILES string of the molecule is [C-]#[N+]/C(C#N)=C1\Sc2c(OCC(=O)OCC(C)OC(=O)C=C)cc(C)c(OCC(=O)OC(C)COC(=O)C=C)c2S1. The number of ether oxygens (including phenoxy) is 6. The molecule has 0 N–H and O–H groups in total. The summed E-state index contributed by atoms with van der Waals surface area (Å²) in [6.45, 7) is 17.3. The number of rotatable bonds is 14. The summed E-state index contributed by atoms with van der Waals surface area (Å²) in [6.07, 6.45) is 0.563. The number of thioether (sulfide) groups is 2. The van der Waals surface area contributed by atoms with Crippen LogP contribution in [0, 0.1) is 24.8 Å². The molecule has 0 radical (unpaired) electrons. The molecule has 0 fully saturated rings. The number of allylic oxidation sites excluding steroid dienone is 1. The molecule has 0 amide bonds.